The zero-order valence-electron chi connectivity index (χ0n) is 10.0. The van der Waals surface area contributed by atoms with Gasteiger partial charge in [0, 0.05) is 17.1 Å². The number of hydrogen-bond donors (Lipinski definition) is 2. The molecule has 0 bridgehead atoms. The molecule has 1 heterocycles. The molecule has 0 radical (unpaired) electrons. The molecule has 0 saturated carbocycles. The van der Waals surface area contributed by atoms with Crippen molar-refractivity contribution in [3.63, 3.8) is 0 Å². The van der Waals surface area contributed by atoms with Crippen molar-refractivity contribution in [2.45, 2.75) is 6.54 Å². The third kappa shape index (κ3) is 3.36. The minimum absolute atomic E-state index is 0.0288. The van der Waals surface area contributed by atoms with Crippen molar-refractivity contribution >= 4 is 35.1 Å². The number of nitrogens with two attached hydrogens (primary N) is 1. The quantitative estimate of drug-likeness (QED) is 0.901. The van der Waals surface area contributed by atoms with Crippen molar-refractivity contribution in [1.82, 2.24) is 15.0 Å². The van der Waals surface area contributed by atoms with Crippen LogP contribution in [0.3, 0.4) is 0 Å². The smallest absolute Gasteiger partial charge is 0.229 e. The highest BCUT2D eigenvalue weighted by molar-refractivity contribution is 6.31. The van der Waals surface area contributed by atoms with Gasteiger partial charge in [-0.15, -0.1) is 0 Å². The summed E-state index contributed by atoms with van der Waals surface area (Å²) in [6.07, 6.45) is 0. The van der Waals surface area contributed by atoms with Crippen LogP contribution in [0.1, 0.15) is 5.56 Å². The lowest BCUT2D eigenvalue weighted by Crippen LogP contribution is -2.08. The molecule has 100 valence electrons. The van der Waals surface area contributed by atoms with E-state index in [4.69, 9.17) is 33.7 Å². The summed E-state index contributed by atoms with van der Waals surface area (Å²) in [5, 5.41) is 3.58. The van der Waals surface area contributed by atoms with Crippen LogP contribution in [0.2, 0.25) is 10.3 Å². The van der Waals surface area contributed by atoms with Gasteiger partial charge in [0.2, 0.25) is 17.2 Å². The molecule has 0 fully saturated rings. The molecule has 0 amide bonds. The van der Waals surface area contributed by atoms with Crippen molar-refractivity contribution in [2.75, 3.05) is 18.2 Å². The van der Waals surface area contributed by atoms with Crippen molar-refractivity contribution < 1.29 is 4.74 Å². The third-order valence-electron chi connectivity index (χ3n) is 2.34. The molecule has 0 spiro atoms. The molecule has 2 aromatic rings. The van der Waals surface area contributed by atoms with Gasteiger partial charge in [-0.3, -0.25) is 0 Å². The highest BCUT2D eigenvalue weighted by atomic mass is 35.5. The van der Waals surface area contributed by atoms with E-state index < -0.39 is 0 Å². The number of nitrogens with zero attached hydrogens (tertiary/aromatic N) is 3. The minimum Gasteiger partial charge on any atom is -0.496 e. The van der Waals surface area contributed by atoms with E-state index in [1.54, 1.807) is 13.2 Å². The highest BCUT2D eigenvalue weighted by Crippen LogP contribution is 2.26. The predicted octanol–water partition coefficient (Wildman–Crippen LogP) is 2.38. The molecule has 0 aliphatic heterocycles. The Bertz CT molecular complexity index is 573. The van der Waals surface area contributed by atoms with E-state index in [0.717, 1.165) is 5.56 Å². The topological polar surface area (TPSA) is 86.0 Å². The molecule has 0 aliphatic carbocycles. The lowest BCUT2D eigenvalue weighted by atomic mass is 10.2. The average Bonchev–Trinajstić information content (AvgIpc) is 2.36. The van der Waals surface area contributed by atoms with Gasteiger partial charge in [-0.2, -0.15) is 15.0 Å². The Balaban J connectivity index is 2.18. The highest BCUT2D eigenvalue weighted by Gasteiger charge is 2.09. The number of halogens is 2. The van der Waals surface area contributed by atoms with E-state index in [1.165, 1.54) is 0 Å². The second-order valence-electron chi connectivity index (χ2n) is 3.56. The van der Waals surface area contributed by atoms with Crippen molar-refractivity contribution in [2.24, 2.45) is 0 Å². The molecule has 0 atom stereocenters. The zero-order chi connectivity index (χ0) is 13.8. The van der Waals surface area contributed by atoms with Crippen LogP contribution >= 0.6 is 23.2 Å². The Morgan fingerprint density at radius 2 is 2.05 bits per heavy atom. The van der Waals surface area contributed by atoms with Gasteiger partial charge in [-0.05, 0) is 23.7 Å². The summed E-state index contributed by atoms with van der Waals surface area (Å²) in [5.41, 5.74) is 6.27. The first-order valence-electron chi connectivity index (χ1n) is 5.32. The third-order valence-corrected chi connectivity index (χ3v) is 2.87. The van der Waals surface area contributed by atoms with Gasteiger partial charge in [0.25, 0.3) is 0 Å². The number of nitrogens with one attached hydrogen (secondary N) is 1. The molecule has 2 rings (SSSR count). The normalized spacial score (nSPS) is 10.3. The molecule has 8 heteroatoms. The van der Waals surface area contributed by atoms with E-state index in [-0.39, 0.29) is 17.2 Å². The number of rotatable bonds is 4. The molecule has 0 unspecified atom stereocenters. The van der Waals surface area contributed by atoms with Crippen molar-refractivity contribution in [3.8, 4) is 5.75 Å². The fourth-order valence-corrected chi connectivity index (χ4v) is 1.91. The van der Waals surface area contributed by atoms with Gasteiger partial charge in [0.15, 0.2) is 0 Å². The van der Waals surface area contributed by atoms with Gasteiger partial charge in [0.05, 0.1) is 7.11 Å². The second-order valence-corrected chi connectivity index (χ2v) is 4.31. The number of aromatic nitrogens is 3. The van der Waals surface area contributed by atoms with E-state index in [1.807, 2.05) is 12.1 Å². The summed E-state index contributed by atoms with van der Waals surface area (Å²) in [4.78, 5) is 11.5. The first kappa shape index (κ1) is 13.6. The molecule has 19 heavy (non-hydrogen) atoms. The number of benzene rings is 1. The summed E-state index contributed by atoms with van der Waals surface area (Å²) in [6, 6.07) is 5.40. The Morgan fingerprint density at radius 3 is 2.74 bits per heavy atom. The molecule has 1 aromatic carbocycles. The Hall–Kier alpha value is -1.79. The number of nitrogen functional groups attached to an aromatic ring is 1. The summed E-state index contributed by atoms with van der Waals surface area (Å²) >= 11 is 11.8. The van der Waals surface area contributed by atoms with Gasteiger partial charge in [-0.25, -0.2) is 0 Å². The Kier molecular flexibility index (Phi) is 4.24. The summed E-state index contributed by atoms with van der Waals surface area (Å²) in [6.45, 7) is 0.378. The first-order chi connectivity index (χ1) is 9.10. The van der Waals surface area contributed by atoms with Gasteiger partial charge in [0.1, 0.15) is 5.75 Å². The van der Waals surface area contributed by atoms with Crippen LogP contribution in [0, 0.1) is 0 Å². The van der Waals surface area contributed by atoms with Crippen LogP contribution in [0.5, 0.6) is 5.75 Å². The van der Waals surface area contributed by atoms with E-state index in [0.29, 0.717) is 17.3 Å². The Labute approximate surface area is 119 Å². The Morgan fingerprint density at radius 1 is 1.26 bits per heavy atom. The molecule has 1 aromatic heterocycles. The van der Waals surface area contributed by atoms with E-state index in [2.05, 4.69) is 20.3 Å². The van der Waals surface area contributed by atoms with Crippen LogP contribution in [-0.4, -0.2) is 22.1 Å². The van der Waals surface area contributed by atoms with Crippen LogP contribution in [0.15, 0.2) is 18.2 Å². The zero-order valence-corrected chi connectivity index (χ0v) is 11.5. The fraction of sp³-hybridized carbons (Fsp3) is 0.182. The van der Waals surface area contributed by atoms with Crippen molar-refractivity contribution in [3.05, 3.63) is 34.1 Å². The standard InChI is InChI=1S/C11H11Cl2N5O/c1-19-8-4-2-3-7(12)6(8)5-15-11-17-9(13)16-10(14)18-11/h2-4H,5H2,1H3,(H3,14,15,16,17,18). The van der Waals surface area contributed by atoms with Gasteiger partial charge >= 0.3 is 0 Å². The maximum absolute atomic E-state index is 6.11. The van der Waals surface area contributed by atoms with Crippen LogP contribution in [0.4, 0.5) is 11.9 Å². The molecule has 3 N–H and O–H groups in total. The number of ether oxygens (including phenoxy) is 1. The first-order valence-corrected chi connectivity index (χ1v) is 6.08. The molecular weight excluding hydrogens is 289 g/mol. The van der Waals surface area contributed by atoms with Crippen LogP contribution < -0.4 is 15.8 Å². The number of anilines is 2. The average molecular weight is 300 g/mol. The lowest BCUT2D eigenvalue weighted by Gasteiger charge is -2.11. The number of methoxy groups -OCH3 is 1. The number of hydrogen-bond acceptors (Lipinski definition) is 6. The monoisotopic (exact) mass is 299 g/mol. The summed E-state index contributed by atoms with van der Waals surface area (Å²) in [5.74, 6) is 1.00. The molecule has 0 saturated heterocycles. The SMILES string of the molecule is COc1cccc(Cl)c1CNc1nc(N)nc(Cl)n1. The van der Waals surface area contributed by atoms with Crippen LogP contribution in [0.25, 0.3) is 0 Å². The molecular formula is C11H11Cl2N5O. The van der Waals surface area contributed by atoms with Crippen molar-refractivity contribution in [1.29, 1.82) is 0 Å². The second kappa shape index (κ2) is 5.90. The lowest BCUT2D eigenvalue weighted by molar-refractivity contribution is 0.410. The fourth-order valence-electron chi connectivity index (χ4n) is 1.51. The maximum Gasteiger partial charge on any atom is 0.229 e. The summed E-state index contributed by atoms with van der Waals surface area (Å²) in [7, 11) is 1.58. The largest absolute Gasteiger partial charge is 0.496 e. The summed E-state index contributed by atoms with van der Waals surface area (Å²) < 4.78 is 5.23. The van der Waals surface area contributed by atoms with E-state index >= 15 is 0 Å². The predicted molar refractivity (Wildman–Crippen MR) is 74.6 cm³/mol. The maximum atomic E-state index is 6.11. The molecule has 6 nitrogen and oxygen atoms in total. The van der Waals surface area contributed by atoms with Crippen LogP contribution in [-0.2, 0) is 6.54 Å². The molecule has 0 aliphatic rings. The minimum atomic E-state index is 0.0288. The van der Waals surface area contributed by atoms with Gasteiger partial charge in [-0.1, -0.05) is 17.7 Å². The van der Waals surface area contributed by atoms with E-state index in [9.17, 15) is 0 Å². The van der Waals surface area contributed by atoms with Gasteiger partial charge < -0.3 is 15.8 Å².